The van der Waals surface area contributed by atoms with Gasteiger partial charge in [0.1, 0.15) is 5.75 Å². The normalized spacial score (nSPS) is 14.0. The molecular formula is C17H29NO2. The van der Waals surface area contributed by atoms with Crippen LogP contribution < -0.4 is 10.1 Å². The zero-order valence-electron chi connectivity index (χ0n) is 13.1. The summed E-state index contributed by atoms with van der Waals surface area (Å²) in [6.07, 6.45) is 3.06. The molecule has 0 aromatic heterocycles. The Hall–Kier alpha value is -1.06. The molecule has 0 heterocycles. The summed E-state index contributed by atoms with van der Waals surface area (Å²) >= 11 is 0. The number of rotatable bonds is 10. The number of ether oxygens (including phenoxy) is 1. The Balaban J connectivity index is 2.34. The van der Waals surface area contributed by atoms with Crippen LogP contribution in [0, 0.1) is 0 Å². The van der Waals surface area contributed by atoms with Crippen LogP contribution in [-0.2, 0) is 0 Å². The van der Waals surface area contributed by atoms with Gasteiger partial charge >= 0.3 is 0 Å². The summed E-state index contributed by atoms with van der Waals surface area (Å²) in [5.74, 6) is 1.50. The molecule has 0 bridgehead atoms. The van der Waals surface area contributed by atoms with E-state index in [2.05, 4.69) is 38.2 Å². The molecule has 0 saturated carbocycles. The summed E-state index contributed by atoms with van der Waals surface area (Å²) in [6, 6.07) is 8.49. The van der Waals surface area contributed by atoms with Crippen molar-refractivity contribution in [1.29, 1.82) is 0 Å². The summed E-state index contributed by atoms with van der Waals surface area (Å²) in [7, 11) is 0. The Bertz CT molecular complexity index is 351. The maximum absolute atomic E-state index is 9.26. The van der Waals surface area contributed by atoms with Crippen LogP contribution in [0.5, 0.6) is 5.75 Å². The van der Waals surface area contributed by atoms with Gasteiger partial charge in [-0.1, -0.05) is 32.9 Å². The Kier molecular flexibility index (Phi) is 8.31. The van der Waals surface area contributed by atoms with Crippen LogP contribution in [0.1, 0.15) is 51.5 Å². The lowest BCUT2D eigenvalue weighted by molar-refractivity contribution is 0.209. The van der Waals surface area contributed by atoms with Gasteiger partial charge < -0.3 is 15.2 Å². The predicted octanol–water partition coefficient (Wildman–Crippen LogP) is 3.33. The van der Waals surface area contributed by atoms with Crippen LogP contribution in [0.2, 0.25) is 0 Å². The fourth-order valence-electron chi connectivity index (χ4n) is 2.05. The number of aliphatic hydroxyl groups is 1. The fraction of sp³-hybridized carbons (Fsp3) is 0.647. The Morgan fingerprint density at radius 1 is 1.20 bits per heavy atom. The zero-order valence-corrected chi connectivity index (χ0v) is 13.1. The number of benzene rings is 1. The van der Waals surface area contributed by atoms with Crippen molar-refractivity contribution in [3.8, 4) is 5.75 Å². The summed E-state index contributed by atoms with van der Waals surface area (Å²) in [5, 5.41) is 12.6. The van der Waals surface area contributed by atoms with E-state index in [9.17, 15) is 5.11 Å². The summed E-state index contributed by atoms with van der Waals surface area (Å²) < 4.78 is 5.74. The van der Waals surface area contributed by atoms with Gasteiger partial charge in [-0.2, -0.15) is 0 Å². The second-order valence-electron chi connectivity index (χ2n) is 5.35. The molecule has 0 aliphatic heterocycles. The van der Waals surface area contributed by atoms with Crippen molar-refractivity contribution in [2.45, 2.75) is 52.0 Å². The average Bonchev–Trinajstić information content (AvgIpc) is 2.50. The molecule has 0 saturated heterocycles. The fourth-order valence-corrected chi connectivity index (χ4v) is 2.05. The topological polar surface area (TPSA) is 41.5 Å². The van der Waals surface area contributed by atoms with Crippen LogP contribution in [0.3, 0.4) is 0 Å². The molecule has 114 valence electrons. The summed E-state index contributed by atoms with van der Waals surface area (Å²) in [4.78, 5) is 0. The Morgan fingerprint density at radius 2 is 1.90 bits per heavy atom. The highest BCUT2D eigenvalue weighted by molar-refractivity contribution is 5.29. The van der Waals surface area contributed by atoms with E-state index in [4.69, 9.17) is 4.74 Å². The minimum Gasteiger partial charge on any atom is -0.494 e. The molecule has 20 heavy (non-hydrogen) atoms. The highest BCUT2D eigenvalue weighted by Gasteiger charge is 2.06. The number of hydrogen-bond donors (Lipinski definition) is 2. The monoisotopic (exact) mass is 279 g/mol. The molecule has 3 nitrogen and oxygen atoms in total. The first kappa shape index (κ1) is 17.0. The standard InChI is InChI=1S/C17H29NO2/c1-4-11-18-16(13-19)10-12-20-17-8-6-15(7-9-17)14(3)5-2/h6-9,14,16,18-19H,4-5,10-13H2,1-3H3. The van der Waals surface area contributed by atoms with Gasteiger partial charge in [-0.05, 0) is 49.4 Å². The first-order valence-electron chi connectivity index (χ1n) is 7.78. The van der Waals surface area contributed by atoms with E-state index in [1.54, 1.807) is 0 Å². The quantitative estimate of drug-likeness (QED) is 0.690. The van der Waals surface area contributed by atoms with Gasteiger partial charge in [-0.15, -0.1) is 0 Å². The minimum absolute atomic E-state index is 0.134. The molecular weight excluding hydrogens is 250 g/mol. The highest BCUT2D eigenvalue weighted by atomic mass is 16.5. The molecule has 0 aliphatic rings. The van der Waals surface area contributed by atoms with Crippen molar-refractivity contribution in [1.82, 2.24) is 5.32 Å². The summed E-state index contributed by atoms with van der Waals surface area (Å²) in [5.41, 5.74) is 1.36. The first-order valence-corrected chi connectivity index (χ1v) is 7.78. The van der Waals surface area contributed by atoms with Crippen LogP contribution in [0.25, 0.3) is 0 Å². The van der Waals surface area contributed by atoms with Crippen molar-refractivity contribution in [2.24, 2.45) is 0 Å². The van der Waals surface area contributed by atoms with E-state index in [-0.39, 0.29) is 12.6 Å². The highest BCUT2D eigenvalue weighted by Crippen LogP contribution is 2.21. The zero-order chi connectivity index (χ0) is 14.8. The van der Waals surface area contributed by atoms with Gasteiger partial charge in [0.05, 0.1) is 13.2 Å². The van der Waals surface area contributed by atoms with E-state index < -0.39 is 0 Å². The molecule has 0 amide bonds. The largest absolute Gasteiger partial charge is 0.494 e. The maximum Gasteiger partial charge on any atom is 0.119 e. The third-order valence-corrected chi connectivity index (χ3v) is 3.70. The van der Waals surface area contributed by atoms with Crippen molar-refractivity contribution in [3.05, 3.63) is 29.8 Å². The third-order valence-electron chi connectivity index (χ3n) is 3.70. The third kappa shape index (κ3) is 5.93. The van der Waals surface area contributed by atoms with E-state index in [1.807, 2.05) is 12.1 Å². The molecule has 2 N–H and O–H groups in total. The lowest BCUT2D eigenvalue weighted by atomic mass is 9.99. The number of nitrogens with one attached hydrogen (secondary N) is 1. The summed E-state index contributed by atoms with van der Waals surface area (Å²) in [6.45, 7) is 8.29. The molecule has 0 aliphatic carbocycles. The van der Waals surface area contributed by atoms with Gasteiger partial charge in [-0.3, -0.25) is 0 Å². The number of aliphatic hydroxyl groups excluding tert-OH is 1. The van der Waals surface area contributed by atoms with E-state index in [0.29, 0.717) is 12.5 Å². The SMILES string of the molecule is CCCNC(CO)CCOc1ccc(C(C)CC)cc1. The van der Waals surface area contributed by atoms with E-state index in [0.717, 1.165) is 31.6 Å². The Labute approximate surface area is 123 Å². The Morgan fingerprint density at radius 3 is 2.45 bits per heavy atom. The van der Waals surface area contributed by atoms with Gasteiger partial charge in [0, 0.05) is 6.04 Å². The second kappa shape index (κ2) is 9.78. The van der Waals surface area contributed by atoms with Crippen LogP contribution in [0.15, 0.2) is 24.3 Å². The lowest BCUT2D eigenvalue weighted by Gasteiger charge is -2.16. The van der Waals surface area contributed by atoms with Gasteiger partial charge in [0.15, 0.2) is 0 Å². The molecule has 3 heteroatoms. The molecule has 2 atom stereocenters. The lowest BCUT2D eigenvalue weighted by Crippen LogP contribution is -2.34. The van der Waals surface area contributed by atoms with Crippen molar-refractivity contribution >= 4 is 0 Å². The van der Waals surface area contributed by atoms with E-state index in [1.165, 1.54) is 5.56 Å². The molecule has 1 aromatic rings. The smallest absolute Gasteiger partial charge is 0.119 e. The van der Waals surface area contributed by atoms with Crippen LogP contribution in [0.4, 0.5) is 0 Å². The molecule has 0 fully saturated rings. The average molecular weight is 279 g/mol. The van der Waals surface area contributed by atoms with Crippen molar-refractivity contribution < 1.29 is 9.84 Å². The molecule has 2 unspecified atom stereocenters. The van der Waals surface area contributed by atoms with Crippen LogP contribution >= 0.6 is 0 Å². The maximum atomic E-state index is 9.26. The van der Waals surface area contributed by atoms with Crippen LogP contribution in [-0.4, -0.2) is 30.9 Å². The van der Waals surface area contributed by atoms with E-state index >= 15 is 0 Å². The van der Waals surface area contributed by atoms with Gasteiger partial charge in [0.25, 0.3) is 0 Å². The molecule has 1 rings (SSSR count). The van der Waals surface area contributed by atoms with Crippen molar-refractivity contribution in [3.63, 3.8) is 0 Å². The molecule has 0 radical (unpaired) electrons. The molecule has 1 aromatic carbocycles. The van der Waals surface area contributed by atoms with Gasteiger partial charge in [0.2, 0.25) is 0 Å². The van der Waals surface area contributed by atoms with Gasteiger partial charge in [-0.25, -0.2) is 0 Å². The first-order chi connectivity index (χ1) is 9.71. The van der Waals surface area contributed by atoms with Crippen molar-refractivity contribution in [2.75, 3.05) is 19.8 Å². The number of hydrogen-bond acceptors (Lipinski definition) is 3. The second-order valence-corrected chi connectivity index (χ2v) is 5.35. The molecule has 0 spiro atoms. The minimum atomic E-state index is 0.134. The predicted molar refractivity (Wildman–Crippen MR) is 84.4 cm³/mol.